The molecule has 1 aliphatic heterocycles. The normalized spacial score (nSPS) is 17.8. The number of halogens is 1. The van der Waals surface area contributed by atoms with Gasteiger partial charge in [0.15, 0.2) is 0 Å². The van der Waals surface area contributed by atoms with Gasteiger partial charge in [0, 0.05) is 25.7 Å². The third-order valence-corrected chi connectivity index (χ3v) is 2.76. The van der Waals surface area contributed by atoms with Gasteiger partial charge in [0.1, 0.15) is 5.82 Å². The van der Waals surface area contributed by atoms with E-state index in [1.165, 1.54) is 0 Å². The SMILES string of the molecule is Cc1cc(F)cc(CNC2CN(C)C2)c1. The van der Waals surface area contributed by atoms with Crippen LogP contribution < -0.4 is 5.32 Å². The van der Waals surface area contributed by atoms with Crippen LogP contribution in [0, 0.1) is 12.7 Å². The largest absolute Gasteiger partial charge is 0.307 e. The molecule has 0 saturated carbocycles. The van der Waals surface area contributed by atoms with E-state index in [9.17, 15) is 4.39 Å². The Bertz CT molecular complexity index is 325. The number of hydrogen-bond donors (Lipinski definition) is 1. The van der Waals surface area contributed by atoms with E-state index in [1.54, 1.807) is 12.1 Å². The Morgan fingerprint density at radius 1 is 1.40 bits per heavy atom. The second-order valence-corrected chi connectivity index (χ2v) is 4.44. The Kier molecular flexibility index (Phi) is 3.03. The minimum atomic E-state index is -0.141. The molecule has 1 aliphatic rings. The van der Waals surface area contributed by atoms with Crippen molar-refractivity contribution >= 4 is 0 Å². The van der Waals surface area contributed by atoms with Gasteiger partial charge < -0.3 is 10.2 Å². The first-order valence-corrected chi connectivity index (χ1v) is 5.31. The van der Waals surface area contributed by atoms with Crippen molar-refractivity contribution in [1.82, 2.24) is 10.2 Å². The summed E-state index contributed by atoms with van der Waals surface area (Å²) in [5.74, 6) is -0.141. The monoisotopic (exact) mass is 208 g/mol. The summed E-state index contributed by atoms with van der Waals surface area (Å²) in [7, 11) is 2.10. The summed E-state index contributed by atoms with van der Waals surface area (Å²) in [4.78, 5) is 2.26. The van der Waals surface area contributed by atoms with Crippen molar-refractivity contribution in [2.45, 2.75) is 19.5 Å². The summed E-state index contributed by atoms with van der Waals surface area (Å²) in [6.07, 6.45) is 0. The van der Waals surface area contributed by atoms with Gasteiger partial charge in [-0.1, -0.05) is 6.07 Å². The molecule has 0 spiro atoms. The summed E-state index contributed by atoms with van der Waals surface area (Å²) < 4.78 is 13.1. The number of nitrogens with one attached hydrogen (secondary N) is 1. The number of aryl methyl sites for hydroxylation is 1. The third-order valence-electron chi connectivity index (χ3n) is 2.76. The minimum absolute atomic E-state index is 0.141. The molecule has 1 aromatic rings. The lowest BCUT2D eigenvalue weighted by Crippen LogP contribution is -2.55. The van der Waals surface area contributed by atoms with Crippen LogP contribution in [-0.2, 0) is 6.54 Å². The summed E-state index contributed by atoms with van der Waals surface area (Å²) in [5.41, 5.74) is 2.01. The quantitative estimate of drug-likeness (QED) is 0.810. The van der Waals surface area contributed by atoms with Gasteiger partial charge in [-0.25, -0.2) is 4.39 Å². The average molecular weight is 208 g/mol. The van der Waals surface area contributed by atoms with Crippen LogP contribution in [0.1, 0.15) is 11.1 Å². The number of rotatable bonds is 3. The van der Waals surface area contributed by atoms with Crippen molar-refractivity contribution in [3.8, 4) is 0 Å². The van der Waals surface area contributed by atoms with E-state index in [0.29, 0.717) is 6.04 Å². The van der Waals surface area contributed by atoms with Gasteiger partial charge >= 0.3 is 0 Å². The van der Waals surface area contributed by atoms with E-state index in [0.717, 1.165) is 30.8 Å². The van der Waals surface area contributed by atoms with Crippen LogP contribution in [0.2, 0.25) is 0 Å². The molecule has 0 amide bonds. The lowest BCUT2D eigenvalue weighted by Gasteiger charge is -2.36. The molecule has 0 aliphatic carbocycles. The lowest BCUT2D eigenvalue weighted by atomic mass is 10.1. The first kappa shape index (κ1) is 10.6. The summed E-state index contributed by atoms with van der Waals surface area (Å²) in [6, 6.07) is 5.75. The van der Waals surface area contributed by atoms with Gasteiger partial charge in [-0.05, 0) is 37.2 Å². The van der Waals surface area contributed by atoms with Gasteiger partial charge in [0.05, 0.1) is 0 Å². The Hall–Kier alpha value is -0.930. The Morgan fingerprint density at radius 2 is 2.13 bits per heavy atom. The second-order valence-electron chi connectivity index (χ2n) is 4.44. The number of benzene rings is 1. The van der Waals surface area contributed by atoms with Crippen molar-refractivity contribution in [3.63, 3.8) is 0 Å². The molecule has 1 aromatic carbocycles. The molecule has 1 saturated heterocycles. The zero-order valence-electron chi connectivity index (χ0n) is 9.26. The molecule has 0 unspecified atom stereocenters. The molecule has 0 aromatic heterocycles. The van der Waals surface area contributed by atoms with Crippen molar-refractivity contribution in [1.29, 1.82) is 0 Å². The van der Waals surface area contributed by atoms with Crippen LogP contribution >= 0.6 is 0 Å². The van der Waals surface area contributed by atoms with E-state index in [4.69, 9.17) is 0 Å². The Morgan fingerprint density at radius 3 is 2.73 bits per heavy atom. The van der Waals surface area contributed by atoms with Crippen LogP contribution in [-0.4, -0.2) is 31.1 Å². The van der Waals surface area contributed by atoms with E-state index in [-0.39, 0.29) is 5.82 Å². The molecule has 15 heavy (non-hydrogen) atoms. The molecule has 82 valence electrons. The van der Waals surface area contributed by atoms with Crippen LogP contribution in [0.4, 0.5) is 4.39 Å². The zero-order valence-corrected chi connectivity index (χ0v) is 9.26. The number of hydrogen-bond acceptors (Lipinski definition) is 2. The number of nitrogens with zero attached hydrogens (tertiary/aromatic N) is 1. The Balaban J connectivity index is 1.88. The van der Waals surface area contributed by atoms with Gasteiger partial charge in [0.2, 0.25) is 0 Å². The van der Waals surface area contributed by atoms with Crippen molar-refractivity contribution in [2.75, 3.05) is 20.1 Å². The standard InChI is InChI=1S/C12H17FN2/c1-9-3-10(5-11(13)4-9)6-14-12-7-15(2)8-12/h3-5,12,14H,6-8H2,1-2H3. The van der Waals surface area contributed by atoms with Crippen LogP contribution in [0.15, 0.2) is 18.2 Å². The van der Waals surface area contributed by atoms with Gasteiger partial charge in [-0.2, -0.15) is 0 Å². The highest BCUT2D eigenvalue weighted by Crippen LogP contribution is 2.10. The van der Waals surface area contributed by atoms with Crippen LogP contribution in [0.3, 0.4) is 0 Å². The summed E-state index contributed by atoms with van der Waals surface area (Å²) in [6.45, 7) is 4.86. The molecular weight excluding hydrogens is 191 g/mol. The fraction of sp³-hybridized carbons (Fsp3) is 0.500. The Labute approximate surface area is 90.1 Å². The predicted molar refractivity (Wildman–Crippen MR) is 59.3 cm³/mol. The molecule has 2 rings (SSSR count). The summed E-state index contributed by atoms with van der Waals surface area (Å²) in [5, 5.41) is 3.41. The molecular formula is C12H17FN2. The fourth-order valence-corrected chi connectivity index (χ4v) is 2.00. The van der Waals surface area contributed by atoms with E-state index in [1.807, 2.05) is 13.0 Å². The maximum atomic E-state index is 13.1. The highest BCUT2D eigenvalue weighted by atomic mass is 19.1. The fourth-order valence-electron chi connectivity index (χ4n) is 2.00. The van der Waals surface area contributed by atoms with Crippen molar-refractivity contribution < 1.29 is 4.39 Å². The third kappa shape index (κ3) is 2.76. The molecule has 0 radical (unpaired) electrons. The molecule has 0 atom stereocenters. The highest BCUT2D eigenvalue weighted by molar-refractivity contribution is 5.23. The highest BCUT2D eigenvalue weighted by Gasteiger charge is 2.21. The first-order valence-electron chi connectivity index (χ1n) is 5.31. The minimum Gasteiger partial charge on any atom is -0.307 e. The molecule has 1 fully saturated rings. The van der Waals surface area contributed by atoms with E-state index >= 15 is 0 Å². The predicted octanol–water partition coefficient (Wildman–Crippen LogP) is 1.54. The van der Waals surface area contributed by atoms with Gasteiger partial charge in [-0.3, -0.25) is 0 Å². The maximum Gasteiger partial charge on any atom is 0.123 e. The van der Waals surface area contributed by atoms with Crippen molar-refractivity contribution in [3.05, 3.63) is 35.1 Å². The number of likely N-dealkylation sites (tertiary alicyclic amines) is 1. The number of likely N-dealkylation sites (N-methyl/N-ethyl adjacent to an activating group) is 1. The van der Waals surface area contributed by atoms with Crippen LogP contribution in [0.25, 0.3) is 0 Å². The molecule has 2 nitrogen and oxygen atoms in total. The zero-order chi connectivity index (χ0) is 10.8. The molecule has 3 heteroatoms. The van der Waals surface area contributed by atoms with Crippen molar-refractivity contribution in [2.24, 2.45) is 0 Å². The maximum absolute atomic E-state index is 13.1. The molecule has 0 bridgehead atoms. The molecule has 1 N–H and O–H groups in total. The smallest absolute Gasteiger partial charge is 0.123 e. The first-order chi connectivity index (χ1) is 7.13. The second kappa shape index (κ2) is 4.29. The van der Waals surface area contributed by atoms with Gasteiger partial charge in [-0.15, -0.1) is 0 Å². The van der Waals surface area contributed by atoms with E-state index < -0.39 is 0 Å². The topological polar surface area (TPSA) is 15.3 Å². The van der Waals surface area contributed by atoms with E-state index in [2.05, 4.69) is 17.3 Å². The molecule has 1 heterocycles. The lowest BCUT2D eigenvalue weighted by molar-refractivity contribution is 0.161. The van der Waals surface area contributed by atoms with Gasteiger partial charge in [0.25, 0.3) is 0 Å². The van der Waals surface area contributed by atoms with Crippen LogP contribution in [0.5, 0.6) is 0 Å². The summed E-state index contributed by atoms with van der Waals surface area (Å²) >= 11 is 0. The average Bonchev–Trinajstić information content (AvgIpc) is 2.09.